The average Bonchev–Trinajstić information content (AvgIpc) is 2.85. The molecule has 2 aliphatic rings. The first-order chi connectivity index (χ1) is 7.33. The topological polar surface area (TPSA) is 38.0 Å². The van der Waals surface area contributed by atoms with E-state index in [0.717, 1.165) is 6.42 Å². The lowest BCUT2D eigenvalue weighted by atomic mass is 9.75. The zero-order valence-corrected chi connectivity index (χ0v) is 10.9. The highest BCUT2D eigenvalue weighted by atomic mass is 15.0. The second kappa shape index (κ2) is 3.63. The maximum atomic E-state index is 6.03. The maximum absolute atomic E-state index is 6.03. The van der Waals surface area contributed by atoms with Crippen molar-refractivity contribution in [2.45, 2.75) is 52.1 Å². The van der Waals surface area contributed by atoms with E-state index in [1.165, 1.54) is 12.1 Å². The minimum atomic E-state index is 0.122. The molecule has 1 saturated carbocycles. The quantitative estimate of drug-likeness (QED) is 0.750. The molecule has 1 unspecified atom stereocenters. The molecule has 1 fully saturated rings. The summed E-state index contributed by atoms with van der Waals surface area (Å²) in [5, 5.41) is 3.64. The molecule has 2 heteroatoms. The van der Waals surface area contributed by atoms with E-state index >= 15 is 0 Å². The fourth-order valence-corrected chi connectivity index (χ4v) is 2.66. The molecular weight excluding hydrogens is 196 g/mol. The van der Waals surface area contributed by atoms with Crippen LogP contribution in [-0.4, -0.2) is 11.6 Å². The number of rotatable bonds is 2. The molecule has 3 atom stereocenters. The highest BCUT2D eigenvalue weighted by Crippen LogP contribution is 2.51. The minimum Gasteiger partial charge on any atom is -0.383 e. The summed E-state index contributed by atoms with van der Waals surface area (Å²) in [6, 6.07) is 0.404. The number of nitrogens with two attached hydrogens (primary N) is 1. The minimum absolute atomic E-state index is 0.122. The summed E-state index contributed by atoms with van der Waals surface area (Å²) < 4.78 is 0. The van der Waals surface area contributed by atoms with Gasteiger partial charge in [0.15, 0.2) is 0 Å². The Balaban J connectivity index is 2.19. The van der Waals surface area contributed by atoms with E-state index in [9.17, 15) is 0 Å². The number of nitrogens with one attached hydrogen (secondary N) is 1. The molecule has 3 N–H and O–H groups in total. The Labute approximate surface area is 99.0 Å². The fraction of sp³-hybridized carbons (Fsp3) is 0.714. The standard InChI is InChI=1S/C14H24N2/c1-13(2,3)16-12-7-5-6-8-14(12,4)10-9-11(10)15/h5-7,10-11,16H,8-9,15H2,1-4H3/t10-,11-,14?/m1/s1. The van der Waals surface area contributed by atoms with Crippen LogP contribution in [0.25, 0.3) is 0 Å². The summed E-state index contributed by atoms with van der Waals surface area (Å²) >= 11 is 0. The van der Waals surface area contributed by atoms with Crippen molar-refractivity contribution in [3.8, 4) is 0 Å². The van der Waals surface area contributed by atoms with E-state index in [0.29, 0.717) is 12.0 Å². The molecule has 0 aromatic rings. The normalized spacial score (nSPS) is 38.2. The van der Waals surface area contributed by atoms with Crippen molar-refractivity contribution in [3.05, 3.63) is 23.9 Å². The molecule has 0 radical (unpaired) electrons. The third-order valence-corrected chi connectivity index (χ3v) is 3.72. The number of allylic oxidation sites excluding steroid dienone is 4. The summed E-state index contributed by atoms with van der Waals surface area (Å²) in [6.45, 7) is 8.97. The number of hydrogen-bond donors (Lipinski definition) is 2. The molecule has 0 heterocycles. The van der Waals surface area contributed by atoms with Crippen LogP contribution in [0.1, 0.15) is 40.5 Å². The fourth-order valence-electron chi connectivity index (χ4n) is 2.66. The van der Waals surface area contributed by atoms with Crippen molar-refractivity contribution >= 4 is 0 Å². The van der Waals surface area contributed by atoms with Crippen molar-refractivity contribution < 1.29 is 0 Å². The lowest BCUT2D eigenvalue weighted by molar-refractivity contribution is 0.285. The van der Waals surface area contributed by atoms with Crippen LogP contribution in [0.4, 0.5) is 0 Å². The highest BCUT2D eigenvalue weighted by molar-refractivity contribution is 5.29. The SMILES string of the molecule is CC(C)(C)NC1=CC=CCC1(C)[C@@H]1C[C@H]1N. The van der Waals surface area contributed by atoms with Crippen molar-refractivity contribution in [1.82, 2.24) is 5.32 Å². The van der Waals surface area contributed by atoms with Gasteiger partial charge in [-0.3, -0.25) is 0 Å². The van der Waals surface area contributed by atoms with Crippen LogP contribution in [-0.2, 0) is 0 Å². The predicted octanol–water partition coefficient (Wildman–Crippen LogP) is 2.57. The first-order valence-electron chi connectivity index (χ1n) is 6.24. The molecular formula is C14H24N2. The Kier molecular flexibility index (Phi) is 2.66. The molecule has 2 rings (SSSR count). The predicted molar refractivity (Wildman–Crippen MR) is 68.9 cm³/mol. The smallest absolute Gasteiger partial charge is 0.0286 e. The first kappa shape index (κ1) is 11.7. The Morgan fingerprint density at radius 1 is 1.44 bits per heavy atom. The van der Waals surface area contributed by atoms with Gasteiger partial charge in [0.2, 0.25) is 0 Å². The molecule has 90 valence electrons. The zero-order chi connectivity index (χ0) is 12.0. The van der Waals surface area contributed by atoms with Crippen molar-refractivity contribution in [2.75, 3.05) is 0 Å². The van der Waals surface area contributed by atoms with Gasteiger partial charge in [-0.1, -0.05) is 19.1 Å². The Morgan fingerprint density at radius 3 is 2.56 bits per heavy atom. The van der Waals surface area contributed by atoms with E-state index in [-0.39, 0.29) is 11.0 Å². The summed E-state index contributed by atoms with van der Waals surface area (Å²) in [4.78, 5) is 0. The first-order valence-corrected chi connectivity index (χ1v) is 6.24. The third-order valence-electron chi connectivity index (χ3n) is 3.72. The van der Waals surface area contributed by atoms with E-state index in [2.05, 4.69) is 51.2 Å². The summed E-state index contributed by atoms with van der Waals surface area (Å²) in [6.07, 6.45) is 8.93. The molecule has 0 aliphatic heterocycles. The van der Waals surface area contributed by atoms with Gasteiger partial charge in [0.05, 0.1) is 0 Å². The molecule has 2 nitrogen and oxygen atoms in total. The van der Waals surface area contributed by atoms with Gasteiger partial charge in [-0.05, 0) is 45.6 Å². The van der Waals surface area contributed by atoms with E-state index in [4.69, 9.17) is 5.73 Å². The van der Waals surface area contributed by atoms with Crippen LogP contribution >= 0.6 is 0 Å². The molecule has 0 spiro atoms. The van der Waals surface area contributed by atoms with Gasteiger partial charge in [0.25, 0.3) is 0 Å². The van der Waals surface area contributed by atoms with Crippen molar-refractivity contribution in [2.24, 2.45) is 17.1 Å². The lowest BCUT2D eigenvalue weighted by Crippen LogP contribution is -2.43. The molecule has 0 aromatic heterocycles. The van der Waals surface area contributed by atoms with Crippen molar-refractivity contribution in [1.29, 1.82) is 0 Å². The van der Waals surface area contributed by atoms with Gasteiger partial charge >= 0.3 is 0 Å². The average molecular weight is 220 g/mol. The van der Waals surface area contributed by atoms with E-state index in [1.807, 2.05) is 0 Å². The highest BCUT2D eigenvalue weighted by Gasteiger charge is 2.50. The van der Waals surface area contributed by atoms with Crippen LogP contribution in [0.5, 0.6) is 0 Å². The van der Waals surface area contributed by atoms with E-state index in [1.54, 1.807) is 0 Å². The molecule has 2 aliphatic carbocycles. The molecule has 0 amide bonds. The summed E-state index contributed by atoms with van der Waals surface area (Å²) in [7, 11) is 0. The monoisotopic (exact) mass is 220 g/mol. The second-order valence-corrected chi connectivity index (χ2v) is 6.51. The number of hydrogen-bond acceptors (Lipinski definition) is 2. The Morgan fingerprint density at radius 2 is 2.06 bits per heavy atom. The molecule has 16 heavy (non-hydrogen) atoms. The van der Waals surface area contributed by atoms with Gasteiger partial charge in [-0.25, -0.2) is 0 Å². The van der Waals surface area contributed by atoms with Crippen LogP contribution in [0.3, 0.4) is 0 Å². The Hall–Kier alpha value is -0.760. The second-order valence-electron chi connectivity index (χ2n) is 6.51. The Bertz CT molecular complexity index is 335. The summed E-state index contributed by atoms with van der Waals surface area (Å²) in [5.74, 6) is 0.651. The molecule has 0 bridgehead atoms. The van der Waals surface area contributed by atoms with Crippen LogP contribution in [0, 0.1) is 11.3 Å². The maximum Gasteiger partial charge on any atom is 0.0286 e. The van der Waals surface area contributed by atoms with Crippen molar-refractivity contribution in [3.63, 3.8) is 0 Å². The van der Waals surface area contributed by atoms with Gasteiger partial charge in [-0.15, -0.1) is 0 Å². The zero-order valence-electron chi connectivity index (χ0n) is 10.9. The van der Waals surface area contributed by atoms with Gasteiger partial charge in [-0.2, -0.15) is 0 Å². The van der Waals surface area contributed by atoms with Crippen LogP contribution < -0.4 is 11.1 Å². The third kappa shape index (κ3) is 2.17. The van der Waals surface area contributed by atoms with Crippen LogP contribution in [0.2, 0.25) is 0 Å². The van der Waals surface area contributed by atoms with Gasteiger partial charge in [0, 0.05) is 22.7 Å². The van der Waals surface area contributed by atoms with Gasteiger partial charge in [0.1, 0.15) is 0 Å². The van der Waals surface area contributed by atoms with Crippen LogP contribution in [0.15, 0.2) is 23.9 Å². The largest absolute Gasteiger partial charge is 0.383 e. The lowest BCUT2D eigenvalue weighted by Gasteiger charge is -2.38. The molecule has 0 saturated heterocycles. The van der Waals surface area contributed by atoms with E-state index < -0.39 is 0 Å². The molecule has 0 aromatic carbocycles. The summed E-state index contributed by atoms with van der Waals surface area (Å²) in [5.41, 5.74) is 7.74. The van der Waals surface area contributed by atoms with Gasteiger partial charge < -0.3 is 11.1 Å².